The summed E-state index contributed by atoms with van der Waals surface area (Å²) in [4.78, 5) is 4.32. The van der Waals surface area contributed by atoms with Crippen molar-refractivity contribution in [3.05, 3.63) is 23.9 Å². The number of hydrogen-bond donors (Lipinski definition) is 2. The Morgan fingerprint density at radius 2 is 2.23 bits per heavy atom. The molecule has 0 unspecified atom stereocenters. The van der Waals surface area contributed by atoms with E-state index >= 15 is 0 Å². The van der Waals surface area contributed by atoms with E-state index in [-0.39, 0.29) is 0 Å². The minimum Gasteiger partial charge on any atom is -0.384 e. The molecule has 0 bridgehead atoms. The molecule has 3 heteroatoms. The lowest BCUT2D eigenvalue weighted by atomic mass is 9.77. The fourth-order valence-corrected chi connectivity index (χ4v) is 1.60. The van der Waals surface area contributed by atoms with Crippen LogP contribution < -0.4 is 5.32 Å². The molecular formula is C10H14N2O. The van der Waals surface area contributed by atoms with Crippen LogP contribution in [0.15, 0.2) is 18.2 Å². The lowest BCUT2D eigenvalue weighted by molar-refractivity contribution is -0.0425. The molecule has 70 valence electrons. The van der Waals surface area contributed by atoms with Crippen LogP contribution in [0.3, 0.4) is 0 Å². The van der Waals surface area contributed by atoms with Gasteiger partial charge in [-0.15, -0.1) is 0 Å². The molecule has 1 aliphatic rings. The van der Waals surface area contributed by atoms with Crippen LogP contribution in [0, 0.1) is 0 Å². The minimum absolute atomic E-state index is 0.646. The average Bonchev–Trinajstić information content (AvgIpc) is 2.14. The van der Waals surface area contributed by atoms with E-state index in [1.54, 1.807) is 0 Å². The second-order valence-corrected chi connectivity index (χ2v) is 3.54. The summed E-state index contributed by atoms with van der Waals surface area (Å²) >= 11 is 0. The van der Waals surface area contributed by atoms with Crippen molar-refractivity contribution in [1.29, 1.82) is 0 Å². The largest absolute Gasteiger partial charge is 0.384 e. The predicted octanol–water partition coefficient (Wildman–Crippen LogP) is 1.49. The zero-order chi connectivity index (χ0) is 9.31. The Labute approximate surface area is 77.8 Å². The van der Waals surface area contributed by atoms with Gasteiger partial charge in [-0.1, -0.05) is 6.07 Å². The number of nitrogens with zero attached hydrogens (tertiary/aromatic N) is 1. The van der Waals surface area contributed by atoms with Crippen molar-refractivity contribution in [1.82, 2.24) is 4.98 Å². The van der Waals surface area contributed by atoms with Crippen LogP contribution in [0.1, 0.15) is 25.0 Å². The molecule has 0 amide bonds. The zero-order valence-electron chi connectivity index (χ0n) is 7.75. The molecule has 3 nitrogen and oxygen atoms in total. The first kappa shape index (κ1) is 8.51. The Morgan fingerprint density at radius 1 is 1.46 bits per heavy atom. The highest BCUT2D eigenvalue weighted by molar-refractivity contribution is 5.36. The summed E-state index contributed by atoms with van der Waals surface area (Å²) in [6.07, 6.45) is 2.78. The van der Waals surface area contributed by atoms with E-state index in [0.717, 1.165) is 30.8 Å². The molecule has 0 aromatic carbocycles. The van der Waals surface area contributed by atoms with Gasteiger partial charge in [-0.25, -0.2) is 4.98 Å². The molecule has 1 fully saturated rings. The molecule has 2 N–H and O–H groups in total. The summed E-state index contributed by atoms with van der Waals surface area (Å²) in [5, 5.41) is 13.0. The lowest BCUT2D eigenvalue weighted by Crippen LogP contribution is -2.34. The van der Waals surface area contributed by atoms with Crippen LogP contribution in [0.5, 0.6) is 0 Å². The van der Waals surface area contributed by atoms with Crippen molar-refractivity contribution >= 4 is 5.82 Å². The van der Waals surface area contributed by atoms with Gasteiger partial charge in [0.05, 0.1) is 5.69 Å². The van der Waals surface area contributed by atoms with Gasteiger partial charge in [0.25, 0.3) is 0 Å². The second kappa shape index (κ2) is 3.00. The van der Waals surface area contributed by atoms with Gasteiger partial charge in [0, 0.05) is 7.05 Å². The number of hydrogen-bond acceptors (Lipinski definition) is 3. The molecule has 0 spiro atoms. The van der Waals surface area contributed by atoms with Gasteiger partial charge in [-0.2, -0.15) is 0 Å². The monoisotopic (exact) mass is 178 g/mol. The highest BCUT2D eigenvalue weighted by Gasteiger charge is 2.37. The molecular weight excluding hydrogens is 164 g/mol. The first-order valence-electron chi connectivity index (χ1n) is 4.62. The summed E-state index contributed by atoms with van der Waals surface area (Å²) in [6.45, 7) is 0. The number of rotatable bonds is 2. The van der Waals surface area contributed by atoms with Gasteiger partial charge in [-0.05, 0) is 31.4 Å². The van der Waals surface area contributed by atoms with Crippen molar-refractivity contribution in [3.63, 3.8) is 0 Å². The van der Waals surface area contributed by atoms with Crippen molar-refractivity contribution in [3.8, 4) is 0 Å². The van der Waals surface area contributed by atoms with Crippen LogP contribution in [-0.4, -0.2) is 17.1 Å². The molecule has 0 atom stereocenters. The second-order valence-electron chi connectivity index (χ2n) is 3.54. The SMILES string of the molecule is CNc1cccc(C2(O)CCC2)n1. The van der Waals surface area contributed by atoms with Gasteiger partial charge in [-0.3, -0.25) is 0 Å². The van der Waals surface area contributed by atoms with Gasteiger partial charge in [0.2, 0.25) is 0 Å². The number of aliphatic hydroxyl groups is 1. The average molecular weight is 178 g/mol. The van der Waals surface area contributed by atoms with Crippen molar-refractivity contribution in [2.45, 2.75) is 24.9 Å². The van der Waals surface area contributed by atoms with Crippen LogP contribution >= 0.6 is 0 Å². The molecule has 0 radical (unpaired) electrons. The van der Waals surface area contributed by atoms with Gasteiger partial charge < -0.3 is 10.4 Å². The normalized spacial score (nSPS) is 19.2. The third-order valence-corrected chi connectivity index (χ3v) is 2.66. The fraction of sp³-hybridized carbons (Fsp3) is 0.500. The Bertz CT molecular complexity index is 308. The number of pyridine rings is 1. The zero-order valence-corrected chi connectivity index (χ0v) is 7.75. The number of aromatic nitrogens is 1. The maximum Gasteiger partial charge on any atom is 0.126 e. The van der Waals surface area contributed by atoms with Crippen LogP contribution in [-0.2, 0) is 5.60 Å². The first-order chi connectivity index (χ1) is 6.24. The van der Waals surface area contributed by atoms with Gasteiger partial charge in [0.1, 0.15) is 11.4 Å². The van der Waals surface area contributed by atoms with Crippen LogP contribution in [0.25, 0.3) is 0 Å². The molecule has 1 aliphatic carbocycles. The molecule has 1 heterocycles. The Morgan fingerprint density at radius 3 is 2.77 bits per heavy atom. The maximum atomic E-state index is 10.0. The topological polar surface area (TPSA) is 45.1 Å². The molecule has 0 saturated heterocycles. The van der Waals surface area contributed by atoms with Crippen molar-refractivity contribution in [2.24, 2.45) is 0 Å². The first-order valence-corrected chi connectivity index (χ1v) is 4.62. The van der Waals surface area contributed by atoms with E-state index in [9.17, 15) is 5.11 Å². The Kier molecular flexibility index (Phi) is 1.96. The van der Waals surface area contributed by atoms with Gasteiger partial charge in [0.15, 0.2) is 0 Å². The van der Waals surface area contributed by atoms with Crippen LogP contribution in [0.2, 0.25) is 0 Å². The molecule has 13 heavy (non-hydrogen) atoms. The fourth-order valence-electron chi connectivity index (χ4n) is 1.60. The molecule has 1 aromatic heterocycles. The van der Waals surface area contributed by atoms with Gasteiger partial charge >= 0.3 is 0 Å². The smallest absolute Gasteiger partial charge is 0.126 e. The van der Waals surface area contributed by atoms with E-state index in [1.807, 2.05) is 25.2 Å². The maximum absolute atomic E-state index is 10.0. The summed E-state index contributed by atoms with van der Waals surface area (Å²) < 4.78 is 0. The molecule has 2 rings (SSSR count). The molecule has 1 aromatic rings. The molecule has 0 aliphatic heterocycles. The third-order valence-electron chi connectivity index (χ3n) is 2.66. The summed E-state index contributed by atoms with van der Waals surface area (Å²) in [5.41, 5.74) is 0.151. The summed E-state index contributed by atoms with van der Waals surface area (Å²) in [6, 6.07) is 5.70. The van der Waals surface area contributed by atoms with Crippen molar-refractivity contribution < 1.29 is 5.11 Å². The highest BCUT2D eigenvalue weighted by Crippen LogP contribution is 2.40. The predicted molar refractivity (Wildman–Crippen MR) is 51.5 cm³/mol. The minimum atomic E-state index is -0.646. The van der Waals surface area contributed by atoms with Crippen molar-refractivity contribution in [2.75, 3.05) is 12.4 Å². The highest BCUT2D eigenvalue weighted by atomic mass is 16.3. The van der Waals surface area contributed by atoms with Crippen LogP contribution in [0.4, 0.5) is 5.82 Å². The lowest BCUT2D eigenvalue weighted by Gasteiger charge is -2.36. The number of anilines is 1. The summed E-state index contributed by atoms with van der Waals surface area (Å²) in [5.74, 6) is 0.817. The quantitative estimate of drug-likeness (QED) is 0.721. The van der Waals surface area contributed by atoms with E-state index in [4.69, 9.17) is 0 Å². The standard InChI is InChI=1S/C10H14N2O/c1-11-9-5-2-4-8(12-9)10(13)6-3-7-10/h2,4-5,13H,3,6-7H2,1H3,(H,11,12). The summed E-state index contributed by atoms with van der Waals surface area (Å²) in [7, 11) is 1.83. The third kappa shape index (κ3) is 1.40. The van der Waals surface area contributed by atoms with E-state index in [2.05, 4.69) is 10.3 Å². The van der Waals surface area contributed by atoms with E-state index < -0.39 is 5.60 Å². The van der Waals surface area contributed by atoms with E-state index in [0.29, 0.717) is 0 Å². The Hall–Kier alpha value is -1.09. The Balaban J connectivity index is 2.29. The number of nitrogens with one attached hydrogen (secondary N) is 1. The molecule has 1 saturated carbocycles. The van der Waals surface area contributed by atoms with E-state index in [1.165, 1.54) is 0 Å².